The third-order valence-corrected chi connectivity index (χ3v) is 5.12. The molecule has 0 radical (unpaired) electrons. The average Bonchev–Trinajstić information content (AvgIpc) is 3.13. The Morgan fingerprint density at radius 3 is 2.62 bits per heavy atom. The van der Waals surface area contributed by atoms with Gasteiger partial charge in [-0.15, -0.1) is 0 Å². The van der Waals surface area contributed by atoms with Crippen LogP contribution < -0.4 is 0 Å². The summed E-state index contributed by atoms with van der Waals surface area (Å²) < 4.78 is 5.47. The van der Waals surface area contributed by atoms with Crippen LogP contribution in [0.1, 0.15) is 76.7 Å². The van der Waals surface area contributed by atoms with Gasteiger partial charge in [-0.1, -0.05) is 56.5 Å². The lowest BCUT2D eigenvalue weighted by molar-refractivity contribution is -0.119. The maximum absolute atomic E-state index is 12.4. The second-order valence-electron chi connectivity index (χ2n) is 7.27. The van der Waals surface area contributed by atoms with Crippen molar-refractivity contribution >= 4 is 11.9 Å². The first kappa shape index (κ1) is 20.5. The van der Waals surface area contributed by atoms with Crippen LogP contribution in [0, 0.1) is 0 Å². The summed E-state index contributed by atoms with van der Waals surface area (Å²) >= 11 is 0. The van der Waals surface area contributed by atoms with Gasteiger partial charge in [0.05, 0.1) is 0 Å². The molecule has 0 unspecified atom stereocenters. The number of unbranched alkanes of at least 4 members (excludes halogenated alkanes) is 3. The third-order valence-electron chi connectivity index (χ3n) is 5.12. The van der Waals surface area contributed by atoms with Crippen LogP contribution in [0.25, 0.3) is 0 Å². The van der Waals surface area contributed by atoms with E-state index in [-0.39, 0.29) is 12.1 Å². The summed E-state index contributed by atoms with van der Waals surface area (Å²) in [4.78, 5) is 26.2. The van der Waals surface area contributed by atoms with Crippen molar-refractivity contribution in [2.75, 3.05) is 6.54 Å². The first-order valence-electron chi connectivity index (χ1n) is 10.2. The minimum Gasteiger partial charge on any atom is -0.445 e. The number of ketones is 1. The maximum atomic E-state index is 12.4. The Balaban J connectivity index is 1.65. The van der Waals surface area contributed by atoms with Gasteiger partial charge in [-0.3, -0.25) is 4.79 Å². The Bertz CT molecular complexity index is 544. The molecule has 1 amide bonds. The number of hydrogen-bond donors (Lipinski definition) is 0. The zero-order valence-electron chi connectivity index (χ0n) is 16.1. The Hall–Kier alpha value is -1.84. The third kappa shape index (κ3) is 7.19. The highest BCUT2D eigenvalue weighted by Gasteiger charge is 2.29. The van der Waals surface area contributed by atoms with E-state index in [2.05, 4.69) is 6.92 Å². The number of Topliss-reactive ketones (excluding diaryl/α,β-unsaturated/α-hetero) is 1. The number of amides is 1. The fourth-order valence-electron chi connectivity index (χ4n) is 3.59. The fourth-order valence-corrected chi connectivity index (χ4v) is 3.59. The van der Waals surface area contributed by atoms with Crippen molar-refractivity contribution in [3.63, 3.8) is 0 Å². The number of nitrogens with zero attached hydrogens (tertiary/aromatic N) is 1. The number of carbonyl (C=O) groups is 2. The highest BCUT2D eigenvalue weighted by atomic mass is 16.6. The topological polar surface area (TPSA) is 46.6 Å². The van der Waals surface area contributed by atoms with Gasteiger partial charge in [0.15, 0.2) is 0 Å². The Labute approximate surface area is 157 Å². The van der Waals surface area contributed by atoms with Gasteiger partial charge in [0.1, 0.15) is 12.4 Å². The molecule has 2 rings (SSSR count). The molecule has 0 aromatic heterocycles. The van der Waals surface area contributed by atoms with Crippen molar-refractivity contribution in [3.05, 3.63) is 35.9 Å². The van der Waals surface area contributed by atoms with E-state index in [4.69, 9.17) is 4.74 Å². The summed E-state index contributed by atoms with van der Waals surface area (Å²) in [5.41, 5.74) is 1.00. The second-order valence-corrected chi connectivity index (χ2v) is 7.27. The number of carbonyl (C=O) groups excluding carboxylic acids is 2. The quantitative estimate of drug-likeness (QED) is 0.490. The number of likely N-dealkylation sites (tertiary alicyclic amines) is 1. The van der Waals surface area contributed by atoms with Crippen molar-refractivity contribution in [3.8, 4) is 0 Å². The van der Waals surface area contributed by atoms with E-state index < -0.39 is 0 Å². The van der Waals surface area contributed by atoms with Crippen molar-refractivity contribution < 1.29 is 14.3 Å². The highest BCUT2D eigenvalue weighted by Crippen LogP contribution is 2.23. The van der Waals surface area contributed by atoms with Crippen LogP contribution in [0.2, 0.25) is 0 Å². The molecule has 0 saturated carbocycles. The van der Waals surface area contributed by atoms with E-state index in [9.17, 15) is 9.59 Å². The first-order valence-corrected chi connectivity index (χ1v) is 10.2. The summed E-state index contributed by atoms with van der Waals surface area (Å²) in [6.45, 7) is 3.27. The molecular weight excluding hydrogens is 326 g/mol. The van der Waals surface area contributed by atoms with Crippen LogP contribution >= 0.6 is 0 Å². The van der Waals surface area contributed by atoms with Crippen LogP contribution in [0.15, 0.2) is 30.3 Å². The molecule has 1 fully saturated rings. The minimum absolute atomic E-state index is 0.220. The van der Waals surface area contributed by atoms with Gasteiger partial charge in [-0.25, -0.2) is 4.79 Å². The summed E-state index contributed by atoms with van der Waals surface area (Å²) in [7, 11) is 0. The second kappa shape index (κ2) is 11.7. The molecule has 0 spiro atoms. The Morgan fingerprint density at radius 1 is 1.08 bits per heavy atom. The molecule has 1 atom stereocenters. The lowest BCUT2D eigenvalue weighted by Crippen LogP contribution is -2.35. The molecule has 1 aromatic carbocycles. The van der Waals surface area contributed by atoms with Gasteiger partial charge < -0.3 is 9.64 Å². The molecule has 4 heteroatoms. The molecule has 4 nitrogen and oxygen atoms in total. The van der Waals surface area contributed by atoms with E-state index in [1.54, 1.807) is 0 Å². The largest absolute Gasteiger partial charge is 0.445 e. The van der Waals surface area contributed by atoms with Crippen molar-refractivity contribution in [2.45, 2.75) is 83.8 Å². The monoisotopic (exact) mass is 359 g/mol. The number of hydrogen-bond acceptors (Lipinski definition) is 3. The molecular formula is C22H33NO3. The molecule has 1 aromatic rings. The number of benzene rings is 1. The van der Waals surface area contributed by atoms with Crippen LogP contribution in [0.5, 0.6) is 0 Å². The zero-order valence-corrected chi connectivity index (χ0v) is 16.1. The van der Waals surface area contributed by atoms with Gasteiger partial charge in [-0.2, -0.15) is 0 Å². The van der Waals surface area contributed by atoms with E-state index in [0.717, 1.165) is 50.6 Å². The van der Waals surface area contributed by atoms with Crippen LogP contribution in [0.4, 0.5) is 4.79 Å². The maximum Gasteiger partial charge on any atom is 0.410 e. The van der Waals surface area contributed by atoms with E-state index in [0.29, 0.717) is 25.2 Å². The predicted molar refractivity (Wildman–Crippen MR) is 104 cm³/mol. The van der Waals surface area contributed by atoms with Crippen molar-refractivity contribution in [1.29, 1.82) is 0 Å². The smallest absolute Gasteiger partial charge is 0.410 e. The van der Waals surface area contributed by atoms with Crippen molar-refractivity contribution in [2.24, 2.45) is 0 Å². The van der Waals surface area contributed by atoms with E-state index in [1.807, 2.05) is 35.2 Å². The molecule has 0 aliphatic carbocycles. The molecule has 0 bridgehead atoms. The molecule has 1 aliphatic rings. The molecule has 144 valence electrons. The molecule has 1 heterocycles. The van der Waals surface area contributed by atoms with Gasteiger partial charge >= 0.3 is 6.09 Å². The summed E-state index contributed by atoms with van der Waals surface area (Å²) in [6, 6.07) is 9.99. The van der Waals surface area contributed by atoms with E-state index >= 15 is 0 Å². The highest BCUT2D eigenvalue weighted by molar-refractivity contribution is 5.78. The molecule has 1 aliphatic heterocycles. The van der Waals surface area contributed by atoms with Crippen molar-refractivity contribution in [1.82, 2.24) is 4.90 Å². The van der Waals surface area contributed by atoms with Crippen LogP contribution in [-0.4, -0.2) is 29.4 Å². The normalized spacial score (nSPS) is 16.7. The lowest BCUT2D eigenvalue weighted by Gasteiger charge is -2.24. The molecule has 1 saturated heterocycles. The average molecular weight is 360 g/mol. The number of rotatable bonds is 11. The standard InChI is InChI=1S/C22H33NO3/c1-2-3-4-8-15-21(24)16-9-13-20-14-10-17-23(20)22(25)26-18-19-11-6-5-7-12-19/h5-7,11-12,20H,2-4,8-10,13-18H2,1H3/t20-/m1/s1. The summed E-state index contributed by atoms with van der Waals surface area (Å²) in [5, 5.41) is 0. The lowest BCUT2D eigenvalue weighted by atomic mass is 10.0. The number of ether oxygens (including phenoxy) is 1. The van der Waals surface area contributed by atoms with Gasteiger partial charge in [0, 0.05) is 25.4 Å². The van der Waals surface area contributed by atoms with Crippen LogP contribution in [-0.2, 0) is 16.1 Å². The van der Waals surface area contributed by atoms with E-state index in [1.165, 1.54) is 12.8 Å². The fraction of sp³-hybridized carbons (Fsp3) is 0.636. The summed E-state index contributed by atoms with van der Waals surface area (Å²) in [6.07, 6.45) is 9.56. The first-order chi connectivity index (χ1) is 12.7. The van der Waals surface area contributed by atoms with Gasteiger partial charge in [0.25, 0.3) is 0 Å². The molecule has 0 N–H and O–H groups in total. The minimum atomic E-state index is -0.220. The SMILES string of the molecule is CCCCCCC(=O)CCC[C@@H]1CCCN1C(=O)OCc1ccccc1. The van der Waals surface area contributed by atoms with Crippen LogP contribution in [0.3, 0.4) is 0 Å². The summed E-state index contributed by atoms with van der Waals surface area (Å²) in [5.74, 6) is 0.373. The Kier molecular flexibility index (Phi) is 9.22. The predicted octanol–water partition coefficient (Wildman–Crippen LogP) is 5.50. The van der Waals surface area contributed by atoms with Gasteiger partial charge in [-0.05, 0) is 37.7 Å². The van der Waals surface area contributed by atoms with Gasteiger partial charge in [0.2, 0.25) is 0 Å². The Morgan fingerprint density at radius 2 is 1.85 bits per heavy atom. The molecule has 26 heavy (non-hydrogen) atoms. The zero-order chi connectivity index (χ0) is 18.6.